The third-order valence-electron chi connectivity index (χ3n) is 4.97. The minimum Gasteiger partial charge on any atom is -0.480 e. The van der Waals surface area contributed by atoms with Crippen LogP contribution in [0.25, 0.3) is 0 Å². The molecule has 1 N–H and O–H groups in total. The van der Waals surface area contributed by atoms with Crippen LogP contribution in [-0.2, 0) is 4.79 Å². The molecule has 0 radical (unpaired) electrons. The first-order valence-electron chi connectivity index (χ1n) is 9.19. The van der Waals surface area contributed by atoms with Crippen LogP contribution in [-0.4, -0.2) is 43.6 Å². The van der Waals surface area contributed by atoms with Gasteiger partial charge >= 0.3 is 0 Å². The van der Waals surface area contributed by atoms with Crippen molar-refractivity contribution in [2.24, 2.45) is 5.92 Å². The van der Waals surface area contributed by atoms with Crippen molar-refractivity contribution in [2.45, 2.75) is 52.6 Å². The Hall–Kier alpha value is -1.55. The summed E-state index contributed by atoms with van der Waals surface area (Å²) in [4.78, 5) is 14.8. The molecular formula is C20H32N2O2. The quantitative estimate of drug-likeness (QED) is 0.833. The molecule has 1 aliphatic heterocycles. The summed E-state index contributed by atoms with van der Waals surface area (Å²) in [5.41, 5.74) is 2.21. The van der Waals surface area contributed by atoms with E-state index in [-0.39, 0.29) is 5.91 Å². The molecule has 134 valence electrons. The van der Waals surface area contributed by atoms with Gasteiger partial charge in [0, 0.05) is 6.54 Å². The van der Waals surface area contributed by atoms with E-state index in [9.17, 15) is 4.79 Å². The first kappa shape index (κ1) is 18.8. The second-order valence-corrected chi connectivity index (χ2v) is 7.11. The lowest BCUT2D eigenvalue weighted by Gasteiger charge is -2.29. The van der Waals surface area contributed by atoms with Crippen molar-refractivity contribution in [3.63, 3.8) is 0 Å². The van der Waals surface area contributed by atoms with Crippen molar-refractivity contribution in [3.05, 3.63) is 29.3 Å². The summed E-state index contributed by atoms with van der Waals surface area (Å²) < 4.78 is 5.97. The van der Waals surface area contributed by atoms with Crippen LogP contribution in [0, 0.1) is 19.8 Å². The van der Waals surface area contributed by atoms with Gasteiger partial charge in [0.15, 0.2) is 6.10 Å². The fourth-order valence-electron chi connectivity index (χ4n) is 3.17. The summed E-state index contributed by atoms with van der Waals surface area (Å²) in [6, 6.07) is 6.10. The van der Waals surface area contributed by atoms with E-state index in [0.29, 0.717) is 6.42 Å². The maximum absolute atomic E-state index is 12.4. The topological polar surface area (TPSA) is 41.6 Å². The molecule has 1 aromatic rings. The molecule has 24 heavy (non-hydrogen) atoms. The second kappa shape index (κ2) is 9.07. The summed E-state index contributed by atoms with van der Waals surface area (Å²) in [7, 11) is 2.18. The van der Waals surface area contributed by atoms with Crippen LogP contribution in [0.5, 0.6) is 5.75 Å². The number of rotatable bonds is 7. The van der Waals surface area contributed by atoms with Crippen LogP contribution in [0.15, 0.2) is 18.2 Å². The van der Waals surface area contributed by atoms with Crippen molar-refractivity contribution in [3.8, 4) is 5.75 Å². The Balaban J connectivity index is 1.79. The highest BCUT2D eigenvalue weighted by atomic mass is 16.5. The molecule has 0 bridgehead atoms. The van der Waals surface area contributed by atoms with E-state index in [1.165, 1.54) is 25.9 Å². The molecule has 1 unspecified atom stereocenters. The van der Waals surface area contributed by atoms with Crippen LogP contribution >= 0.6 is 0 Å². The molecule has 1 heterocycles. The Morgan fingerprint density at radius 1 is 1.33 bits per heavy atom. The second-order valence-electron chi connectivity index (χ2n) is 7.11. The zero-order valence-electron chi connectivity index (χ0n) is 15.6. The Morgan fingerprint density at radius 3 is 2.71 bits per heavy atom. The molecule has 1 aliphatic rings. The Labute approximate surface area is 146 Å². The molecule has 2 rings (SSSR count). The molecule has 0 spiro atoms. The fourth-order valence-corrected chi connectivity index (χ4v) is 3.17. The number of hydrogen-bond acceptors (Lipinski definition) is 3. The smallest absolute Gasteiger partial charge is 0.261 e. The van der Waals surface area contributed by atoms with E-state index < -0.39 is 6.10 Å². The monoisotopic (exact) mass is 332 g/mol. The van der Waals surface area contributed by atoms with Crippen LogP contribution in [0.1, 0.15) is 43.7 Å². The van der Waals surface area contributed by atoms with E-state index in [0.717, 1.165) is 35.8 Å². The molecule has 1 fully saturated rings. The SMILES string of the molecule is CCC(Oc1cc(C)ccc1C)C(=O)NCCC1CCN(C)CC1. The zero-order chi connectivity index (χ0) is 17.5. The van der Waals surface area contributed by atoms with Crippen LogP contribution in [0.4, 0.5) is 0 Å². The van der Waals surface area contributed by atoms with Gasteiger partial charge in [0.1, 0.15) is 5.75 Å². The average molecular weight is 332 g/mol. The van der Waals surface area contributed by atoms with Gasteiger partial charge in [0.25, 0.3) is 5.91 Å². The Morgan fingerprint density at radius 2 is 2.04 bits per heavy atom. The lowest BCUT2D eigenvalue weighted by atomic mass is 9.94. The predicted molar refractivity (Wildman–Crippen MR) is 98.5 cm³/mol. The standard InChI is InChI=1S/C20H32N2O2/c1-5-18(24-19-14-15(2)6-7-16(19)3)20(23)21-11-8-17-9-12-22(4)13-10-17/h6-7,14,17-18H,5,8-13H2,1-4H3,(H,21,23). The number of nitrogens with zero attached hydrogens (tertiary/aromatic N) is 1. The van der Waals surface area contributed by atoms with Crippen LogP contribution < -0.4 is 10.1 Å². The number of aryl methyl sites for hydroxylation is 2. The van der Waals surface area contributed by atoms with Crippen molar-refractivity contribution >= 4 is 5.91 Å². The van der Waals surface area contributed by atoms with E-state index in [1.54, 1.807) is 0 Å². The molecule has 0 aromatic heterocycles. The number of hydrogen-bond donors (Lipinski definition) is 1. The predicted octanol–water partition coefficient (Wildman–Crippen LogP) is 3.31. The highest BCUT2D eigenvalue weighted by Gasteiger charge is 2.20. The number of carbonyl (C=O) groups excluding carboxylic acids is 1. The summed E-state index contributed by atoms with van der Waals surface area (Å²) in [5.74, 6) is 1.56. The Bertz CT molecular complexity index is 536. The summed E-state index contributed by atoms with van der Waals surface area (Å²) in [5, 5.41) is 3.07. The maximum atomic E-state index is 12.4. The number of amides is 1. The number of nitrogens with one attached hydrogen (secondary N) is 1. The van der Waals surface area contributed by atoms with E-state index in [1.807, 2.05) is 32.9 Å². The number of carbonyl (C=O) groups is 1. The molecule has 1 atom stereocenters. The number of ether oxygens (including phenoxy) is 1. The van der Waals surface area contributed by atoms with E-state index >= 15 is 0 Å². The number of piperidine rings is 1. The lowest BCUT2D eigenvalue weighted by molar-refractivity contribution is -0.128. The van der Waals surface area contributed by atoms with E-state index in [2.05, 4.69) is 23.3 Å². The molecule has 0 saturated carbocycles. The molecule has 4 heteroatoms. The zero-order valence-corrected chi connectivity index (χ0v) is 15.6. The summed E-state index contributed by atoms with van der Waals surface area (Å²) in [6.45, 7) is 9.14. The average Bonchev–Trinajstić information content (AvgIpc) is 2.57. The van der Waals surface area contributed by atoms with Gasteiger partial charge in [-0.1, -0.05) is 19.1 Å². The van der Waals surface area contributed by atoms with Gasteiger partial charge in [-0.25, -0.2) is 0 Å². The number of benzene rings is 1. The van der Waals surface area contributed by atoms with Crippen molar-refractivity contribution in [1.29, 1.82) is 0 Å². The largest absolute Gasteiger partial charge is 0.480 e. The third kappa shape index (κ3) is 5.52. The van der Waals surface area contributed by atoms with Gasteiger partial charge in [-0.05, 0) is 82.8 Å². The van der Waals surface area contributed by atoms with Crippen molar-refractivity contribution in [2.75, 3.05) is 26.7 Å². The van der Waals surface area contributed by atoms with Crippen LogP contribution in [0.3, 0.4) is 0 Å². The van der Waals surface area contributed by atoms with Gasteiger partial charge < -0.3 is 15.0 Å². The van der Waals surface area contributed by atoms with Gasteiger partial charge in [-0.3, -0.25) is 4.79 Å². The van der Waals surface area contributed by atoms with Gasteiger partial charge in [0.05, 0.1) is 0 Å². The van der Waals surface area contributed by atoms with Gasteiger partial charge in [0.2, 0.25) is 0 Å². The molecular weight excluding hydrogens is 300 g/mol. The molecule has 1 aromatic carbocycles. The fraction of sp³-hybridized carbons (Fsp3) is 0.650. The minimum absolute atomic E-state index is 0.00586. The molecule has 4 nitrogen and oxygen atoms in total. The van der Waals surface area contributed by atoms with Crippen LogP contribution in [0.2, 0.25) is 0 Å². The maximum Gasteiger partial charge on any atom is 0.261 e. The van der Waals surface area contributed by atoms with Crippen molar-refractivity contribution < 1.29 is 9.53 Å². The summed E-state index contributed by atoms with van der Waals surface area (Å²) >= 11 is 0. The molecule has 1 saturated heterocycles. The van der Waals surface area contributed by atoms with Gasteiger partial charge in [-0.2, -0.15) is 0 Å². The van der Waals surface area contributed by atoms with E-state index in [4.69, 9.17) is 4.74 Å². The van der Waals surface area contributed by atoms with Crippen molar-refractivity contribution in [1.82, 2.24) is 10.2 Å². The first-order valence-corrected chi connectivity index (χ1v) is 9.19. The summed E-state index contributed by atoms with van der Waals surface area (Å²) in [6.07, 6.45) is 3.81. The lowest BCUT2D eigenvalue weighted by Crippen LogP contribution is -2.39. The number of likely N-dealkylation sites (tertiary alicyclic amines) is 1. The first-order chi connectivity index (χ1) is 11.5. The third-order valence-corrected chi connectivity index (χ3v) is 4.97. The Kier molecular flexibility index (Phi) is 7.10. The highest BCUT2D eigenvalue weighted by molar-refractivity contribution is 5.81. The normalized spacial score (nSPS) is 17.5. The molecule has 0 aliphatic carbocycles. The minimum atomic E-state index is -0.414. The highest BCUT2D eigenvalue weighted by Crippen LogP contribution is 2.22. The van der Waals surface area contributed by atoms with Gasteiger partial charge in [-0.15, -0.1) is 0 Å². The molecule has 1 amide bonds.